The predicted molar refractivity (Wildman–Crippen MR) is 62.6 cm³/mol. The molecule has 0 saturated heterocycles. The first-order valence-electron chi connectivity index (χ1n) is 4.69. The zero-order valence-electron chi connectivity index (χ0n) is 9.08. The maximum Gasteiger partial charge on any atom is 0.175 e. The highest BCUT2D eigenvalue weighted by molar-refractivity contribution is 9.10. The van der Waals surface area contributed by atoms with E-state index in [-0.39, 0.29) is 6.61 Å². The van der Waals surface area contributed by atoms with E-state index >= 15 is 0 Å². The third kappa shape index (κ3) is 3.39. The summed E-state index contributed by atoms with van der Waals surface area (Å²) in [6.45, 7) is 3.90. The summed E-state index contributed by atoms with van der Waals surface area (Å²) in [6, 6.07) is 3.84. The molecule has 0 heterocycles. The van der Waals surface area contributed by atoms with Crippen molar-refractivity contribution in [2.45, 2.75) is 20.0 Å². The number of halogens is 1. The number of benzene rings is 1. The van der Waals surface area contributed by atoms with Gasteiger partial charge in [0, 0.05) is 0 Å². The Labute approximate surface area is 98.1 Å². The van der Waals surface area contributed by atoms with Gasteiger partial charge in [-0.3, -0.25) is 0 Å². The molecule has 15 heavy (non-hydrogen) atoms. The first kappa shape index (κ1) is 12.3. The van der Waals surface area contributed by atoms with Gasteiger partial charge in [-0.1, -0.05) is 0 Å². The Kier molecular flexibility index (Phi) is 4.42. The van der Waals surface area contributed by atoms with Crippen LogP contribution in [0, 0.1) is 6.92 Å². The monoisotopic (exact) mass is 274 g/mol. The summed E-state index contributed by atoms with van der Waals surface area (Å²) < 4.78 is 11.5. The van der Waals surface area contributed by atoms with Gasteiger partial charge in [-0.2, -0.15) is 0 Å². The fourth-order valence-corrected chi connectivity index (χ4v) is 1.86. The van der Waals surface area contributed by atoms with E-state index in [2.05, 4.69) is 15.9 Å². The molecule has 0 bridgehead atoms. The second-order valence-corrected chi connectivity index (χ2v) is 4.29. The quantitative estimate of drug-likeness (QED) is 0.917. The summed E-state index contributed by atoms with van der Waals surface area (Å²) in [5.41, 5.74) is 1.09. The highest BCUT2D eigenvalue weighted by Crippen LogP contribution is 2.36. The van der Waals surface area contributed by atoms with E-state index in [0.29, 0.717) is 11.5 Å². The maximum absolute atomic E-state index is 9.14. The molecule has 1 N–H and O–H groups in total. The highest BCUT2D eigenvalue weighted by Gasteiger charge is 2.11. The van der Waals surface area contributed by atoms with E-state index in [1.165, 1.54) is 0 Å². The lowest BCUT2D eigenvalue weighted by molar-refractivity contribution is 0.120. The smallest absolute Gasteiger partial charge is 0.175 e. The van der Waals surface area contributed by atoms with Crippen LogP contribution in [0.1, 0.15) is 12.5 Å². The first-order chi connectivity index (χ1) is 7.04. The van der Waals surface area contributed by atoms with Gasteiger partial charge in [0.1, 0.15) is 6.61 Å². The van der Waals surface area contributed by atoms with Gasteiger partial charge in [0.25, 0.3) is 0 Å². The Hall–Kier alpha value is -0.740. The molecule has 1 aromatic carbocycles. The van der Waals surface area contributed by atoms with Crippen LogP contribution in [0.15, 0.2) is 16.6 Å². The lowest BCUT2D eigenvalue weighted by Gasteiger charge is -2.14. The Balaban J connectivity index is 2.93. The van der Waals surface area contributed by atoms with Crippen LogP contribution in [0.4, 0.5) is 0 Å². The minimum Gasteiger partial charge on any atom is -0.493 e. The summed E-state index contributed by atoms with van der Waals surface area (Å²) in [4.78, 5) is 0. The van der Waals surface area contributed by atoms with Crippen molar-refractivity contribution in [2.75, 3.05) is 13.7 Å². The summed E-state index contributed by atoms with van der Waals surface area (Å²) in [6.07, 6.45) is -0.497. The van der Waals surface area contributed by atoms with E-state index in [1.54, 1.807) is 14.0 Å². The molecule has 1 rings (SSSR count). The number of hydrogen-bond donors (Lipinski definition) is 1. The molecule has 0 aromatic heterocycles. The van der Waals surface area contributed by atoms with Crippen LogP contribution in [0.3, 0.4) is 0 Å². The summed E-state index contributed by atoms with van der Waals surface area (Å²) in [7, 11) is 1.59. The van der Waals surface area contributed by atoms with Gasteiger partial charge in [-0.15, -0.1) is 0 Å². The van der Waals surface area contributed by atoms with Crippen molar-refractivity contribution in [3.8, 4) is 11.5 Å². The van der Waals surface area contributed by atoms with Crippen LogP contribution in [0.25, 0.3) is 0 Å². The summed E-state index contributed by atoms with van der Waals surface area (Å²) in [5.74, 6) is 1.30. The van der Waals surface area contributed by atoms with Crippen LogP contribution in [-0.2, 0) is 0 Å². The molecule has 0 radical (unpaired) electrons. The number of hydrogen-bond acceptors (Lipinski definition) is 3. The molecule has 1 unspecified atom stereocenters. The third-order valence-electron chi connectivity index (χ3n) is 1.84. The van der Waals surface area contributed by atoms with Gasteiger partial charge in [-0.25, -0.2) is 0 Å². The van der Waals surface area contributed by atoms with Crippen LogP contribution in [0.2, 0.25) is 0 Å². The van der Waals surface area contributed by atoms with Crippen molar-refractivity contribution in [3.63, 3.8) is 0 Å². The Morgan fingerprint density at radius 1 is 1.47 bits per heavy atom. The van der Waals surface area contributed by atoms with Crippen molar-refractivity contribution < 1.29 is 14.6 Å². The second kappa shape index (κ2) is 5.37. The molecule has 0 spiro atoms. The number of aryl methyl sites for hydroxylation is 1. The zero-order chi connectivity index (χ0) is 11.4. The lowest BCUT2D eigenvalue weighted by Crippen LogP contribution is -2.13. The zero-order valence-corrected chi connectivity index (χ0v) is 10.7. The third-order valence-corrected chi connectivity index (χ3v) is 2.43. The molecule has 0 saturated carbocycles. The Bertz CT molecular complexity index is 337. The minimum atomic E-state index is -0.497. The fourth-order valence-electron chi connectivity index (χ4n) is 1.19. The normalized spacial score (nSPS) is 12.3. The number of rotatable bonds is 4. The average Bonchev–Trinajstić information content (AvgIpc) is 2.14. The second-order valence-electron chi connectivity index (χ2n) is 3.44. The Morgan fingerprint density at radius 2 is 2.13 bits per heavy atom. The predicted octanol–water partition coefficient (Wildman–Crippen LogP) is 2.53. The van der Waals surface area contributed by atoms with E-state index in [4.69, 9.17) is 14.6 Å². The van der Waals surface area contributed by atoms with E-state index in [9.17, 15) is 0 Å². The van der Waals surface area contributed by atoms with E-state index in [0.717, 1.165) is 10.0 Å². The van der Waals surface area contributed by atoms with Gasteiger partial charge >= 0.3 is 0 Å². The molecule has 0 fully saturated rings. The average molecular weight is 275 g/mol. The molecule has 1 atom stereocenters. The molecule has 0 amide bonds. The molecular weight excluding hydrogens is 260 g/mol. The van der Waals surface area contributed by atoms with Crippen LogP contribution in [0.5, 0.6) is 11.5 Å². The molecule has 3 nitrogen and oxygen atoms in total. The number of ether oxygens (including phenoxy) is 2. The minimum absolute atomic E-state index is 0.248. The Morgan fingerprint density at radius 3 is 2.67 bits per heavy atom. The number of aliphatic hydroxyl groups is 1. The van der Waals surface area contributed by atoms with Gasteiger partial charge in [0.2, 0.25) is 0 Å². The van der Waals surface area contributed by atoms with Gasteiger partial charge in [-0.05, 0) is 47.5 Å². The summed E-state index contributed by atoms with van der Waals surface area (Å²) in [5, 5.41) is 9.14. The molecule has 0 aliphatic rings. The van der Waals surface area contributed by atoms with E-state index in [1.807, 2.05) is 19.1 Å². The molecule has 0 aliphatic heterocycles. The van der Waals surface area contributed by atoms with Gasteiger partial charge in [0.15, 0.2) is 11.5 Å². The standard InChI is InChI=1S/C11H15BrO3/c1-7-4-9(12)11(10(5-7)14-3)15-6-8(2)13/h4-5,8,13H,6H2,1-3H3. The van der Waals surface area contributed by atoms with Crippen LogP contribution < -0.4 is 9.47 Å². The summed E-state index contributed by atoms with van der Waals surface area (Å²) >= 11 is 3.40. The molecule has 4 heteroatoms. The van der Waals surface area contributed by atoms with Gasteiger partial charge < -0.3 is 14.6 Å². The maximum atomic E-state index is 9.14. The van der Waals surface area contributed by atoms with Crippen molar-refractivity contribution >= 4 is 15.9 Å². The number of aliphatic hydroxyl groups excluding tert-OH is 1. The first-order valence-corrected chi connectivity index (χ1v) is 5.49. The van der Waals surface area contributed by atoms with Crippen LogP contribution in [-0.4, -0.2) is 24.9 Å². The SMILES string of the molecule is COc1cc(C)cc(Br)c1OCC(C)O. The molecule has 84 valence electrons. The molecule has 0 aliphatic carbocycles. The fraction of sp³-hybridized carbons (Fsp3) is 0.455. The molecule has 1 aromatic rings. The van der Waals surface area contributed by atoms with Crippen molar-refractivity contribution in [1.29, 1.82) is 0 Å². The highest BCUT2D eigenvalue weighted by atomic mass is 79.9. The van der Waals surface area contributed by atoms with Crippen LogP contribution >= 0.6 is 15.9 Å². The van der Waals surface area contributed by atoms with Crippen molar-refractivity contribution in [1.82, 2.24) is 0 Å². The van der Waals surface area contributed by atoms with E-state index < -0.39 is 6.10 Å². The van der Waals surface area contributed by atoms with Crippen molar-refractivity contribution in [3.05, 3.63) is 22.2 Å². The molecular formula is C11H15BrO3. The van der Waals surface area contributed by atoms with Gasteiger partial charge in [0.05, 0.1) is 17.7 Å². The van der Waals surface area contributed by atoms with Crippen molar-refractivity contribution in [2.24, 2.45) is 0 Å². The topological polar surface area (TPSA) is 38.7 Å². The number of methoxy groups -OCH3 is 1. The lowest BCUT2D eigenvalue weighted by atomic mass is 10.2. The largest absolute Gasteiger partial charge is 0.493 e.